The van der Waals surface area contributed by atoms with Crippen molar-refractivity contribution in [2.75, 3.05) is 20.3 Å². The van der Waals surface area contributed by atoms with E-state index in [0.717, 1.165) is 0 Å². The normalized spacial score (nSPS) is 11.0. The second kappa shape index (κ2) is 7.83. The molecule has 0 bridgehead atoms. The second-order valence-corrected chi connectivity index (χ2v) is 4.98. The predicted molar refractivity (Wildman–Crippen MR) is 77.0 cm³/mol. The van der Waals surface area contributed by atoms with E-state index in [1.165, 1.54) is 7.11 Å². The molecule has 21 heavy (non-hydrogen) atoms. The van der Waals surface area contributed by atoms with Gasteiger partial charge in [-0.25, -0.2) is 4.79 Å². The minimum atomic E-state index is -0.427. The molecule has 6 heteroatoms. The van der Waals surface area contributed by atoms with Crippen molar-refractivity contribution in [3.05, 3.63) is 23.2 Å². The summed E-state index contributed by atoms with van der Waals surface area (Å²) >= 11 is 0. The van der Waals surface area contributed by atoms with Gasteiger partial charge in [-0.3, -0.25) is 9.69 Å². The number of hydrogen-bond acceptors (Lipinski definition) is 6. The summed E-state index contributed by atoms with van der Waals surface area (Å²) < 4.78 is 15.2. The molecule has 1 heterocycles. The summed E-state index contributed by atoms with van der Waals surface area (Å²) in [5, 5.41) is 0. The highest BCUT2D eigenvalue weighted by atomic mass is 16.5. The van der Waals surface area contributed by atoms with Crippen LogP contribution in [-0.4, -0.2) is 43.1 Å². The molecule has 0 saturated heterocycles. The number of ether oxygens (including phenoxy) is 2. The van der Waals surface area contributed by atoms with E-state index in [4.69, 9.17) is 13.9 Å². The largest absolute Gasteiger partial charge is 0.465 e. The van der Waals surface area contributed by atoms with Gasteiger partial charge in [0.2, 0.25) is 0 Å². The Morgan fingerprint density at radius 2 is 2.05 bits per heavy atom. The molecule has 1 aromatic rings. The lowest BCUT2D eigenvalue weighted by Gasteiger charge is -2.24. The average molecular weight is 297 g/mol. The summed E-state index contributed by atoms with van der Waals surface area (Å²) in [7, 11) is 1.33. The number of furan rings is 1. The Morgan fingerprint density at radius 1 is 1.38 bits per heavy atom. The van der Waals surface area contributed by atoms with Crippen molar-refractivity contribution in [2.24, 2.45) is 0 Å². The van der Waals surface area contributed by atoms with E-state index in [2.05, 4.69) is 0 Å². The second-order valence-electron chi connectivity index (χ2n) is 4.98. The van der Waals surface area contributed by atoms with Crippen LogP contribution in [0.25, 0.3) is 0 Å². The smallest absolute Gasteiger partial charge is 0.341 e. The molecule has 1 rings (SSSR count). The molecule has 0 aliphatic carbocycles. The van der Waals surface area contributed by atoms with Crippen LogP contribution in [0, 0.1) is 6.92 Å². The summed E-state index contributed by atoms with van der Waals surface area (Å²) in [6, 6.07) is 1.79. The summed E-state index contributed by atoms with van der Waals surface area (Å²) in [6.45, 7) is 8.41. The van der Waals surface area contributed by atoms with E-state index in [1.54, 1.807) is 19.9 Å². The number of carbonyl (C=O) groups excluding carboxylic acids is 2. The third kappa shape index (κ3) is 4.90. The fraction of sp³-hybridized carbons (Fsp3) is 0.600. The number of aryl methyl sites for hydroxylation is 1. The van der Waals surface area contributed by atoms with Crippen LogP contribution in [0.15, 0.2) is 10.5 Å². The fourth-order valence-corrected chi connectivity index (χ4v) is 1.93. The van der Waals surface area contributed by atoms with E-state index in [-0.39, 0.29) is 18.6 Å². The Labute approximate surface area is 125 Å². The highest BCUT2D eigenvalue weighted by Crippen LogP contribution is 2.18. The van der Waals surface area contributed by atoms with Gasteiger partial charge in [-0.1, -0.05) is 0 Å². The van der Waals surface area contributed by atoms with Gasteiger partial charge >= 0.3 is 11.9 Å². The lowest BCUT2D eigenvalue weighted by molar-refractivity contribution is -0.145. The monoisotopic (exact) mass is 297 g/mol. The van der Waals surface area contributed by atoms with E-state index < -0.39 is 5.97 Å². The molecule has 6 nitrogen and oxygen atoms in total. The Kier molecular flexibility index (Phi) is 6.42. The van der Waals surface area contributed by atoms with E-state index in [1.807, 2.05) is 18.7 Å². The number of methoxy groups -OCH3 is 1. The van der Waals surface area contributed by atoms with Crippen LogP contribution in [0.4, 0.5) is 0 Å². The van der Waals surface area contributed by atoms with Crippen LogP contribution in [0.5, 0.6) is 0 Å². The topological polar surface area (TPSA) is 69.0 Å². The van der Waals surface area contributed by atoms with Gasteiger partial charge in [-0.05, 0) is 33.8 Å². The van der Waals surface area contributed by atoms with Crippen LogP contribution < -0.4 is 0 Å². The van der Waals surface area contributed by atoms with Gasteiger partial charge in [-0.15, -0.1) is 0 Å². The zero-order valence-electron chi connectivity index (χ0n) is 13.3. The number of carbonyl (C=O) groups is 2. The van der Waals surface area contributed by atoms with Crippen molar-refractivity contribution in [2.45, 2.75) is 40.3 Å². The number of nitrogens with zero attached hydrogens (tertiary/aromatic N) is 1. The Hall–Kier alpha value is -1.82. The molecular weight excluding hydrogens is 274 g/mol. The van der Waals surface area contributed by atoms with Crippen molar-refractivity contribution in [3.8, 4) is 0 Å². The lowest BCUT2D eigenvalue weighted by Crippen LogP contribution is -2.35. The average Bonchev–Trinajstić information content (AvgIpc) is 2.78. The zero-order valence-corrected chi connectivity index (χ0v) is 13.3. The van der Waals surface area contributed by atoms with E-state index in [0.29, 0.717) is 30.2 Å². The zero-order chi connectivity index (χ0) is 16.0. The SMILES string of the molecule is CCOC(=O)CN(Cc1cc(C(=O)OC)c(C)o1)C(C)C. The first-order chi connectivity index (χ1) is 9.88. The molecule has 0 unspecified atom stereocenters. The van der Waals surface area contributed by atoms with Crippen LogP contribution in [0.1, 0.15) is 42.6 Å². The van der Waals surface area contributed by atoms with Crippen molar-refractivity contribution >= 4 is 11.9 Å². The molecule has 1 aromatic heterocycles. The van der Waals surface area contributed by atoms with Gasteiger partial charge in [0.15, 0.2) is 0 Å². The van der Waals surface area contributed by atoms with Crippen LogP contribution >= 0.6 is 0 Å². The Bertz CT molecular complexity index is 492. The van der Waals surface area contributed by atoms with Crippen LogP contribution in [-0.2, 0) is 20.8 Å². The molecule has 0 atom stereocenters. The third-order valence-corrected chi connectivity index (χ3v) is 3.10. The lowest BCUT2D eigenvalue weighted by atomic mass is 10.2. The highest BCUT2D eigenvalue weighted by Gasteiger charge is 2.20. The van der Waals surface area contributed by atoms with Gasteiger partial charge in [0.1, 0.15) is 17.1 Å². The van der Waals surface area contributed by atoms with Crippen molar-refractivity contribution in [1.82, 2.24) is 4.90 Å². The van der Waals surface area contributed by atoms with Crippen molar-refractivity contribution in [3.63, 3.8) is 0 Å². The number of esters is 2. The first-order valence-corrected chi connectivity index (χ1v) is 6.96. The summed E-state index contributed by atoms with van der Waals surface area (Å²) in [5.41, 5.74) is 0.410. The molecule has 0 aliphatic heterocycles. The molecule has 0 fully saturated rings. The van der Waals surface area contributed by atoms with Gasteiger partial charge in [-0.2, -0.15) is 0 Å². The van der Waals surface area contributed by atoms with E-state index in [9.17, 15) is 9.59 Å². The molecular formula is C15H23NO5. The number of hydrogen-bond donors (Lipinski definition) is 0. The van der Waals surface area contributed by atoms with Gasteiger partial charge in [0.05, 0.1) is 26.8 Å². The maximum absolute atomic E-state index is 11.6. The van der Waals surface area contributed by atoms with Gasteiger partial charge in [0, 0.05) is 6.04 Å². The minimum absolute atomic E-state index is 0.140. The quantitative estimate of drug-likeness (QED) is 0.718. The van der Waals surface area contributed by atoms with Gasteiger partial charge < -0.3 is 13.9 Å². The molecule has 0 spiro atoms. The highest BCUT2D eigenvalue weighted by molar-refractivity contribution is 5.90. The number of rotatable bonds is 7. The van der Waals surface area contributed by atoms with Gasteiger partial charge in [0.25, 0.3) is 0 Å². The molecule has 118 valence electrons. The Balaban J connectivity index is 2.80. The molecule has 0 saturated carbocycles. The maximum Gasteiger partial charge on any atom is 0.341 e. The van der Waals surface area contributed by atoms with E-state index >= 15 is 0 Å². The molecule has 0 amide bonds. The molecule has 0 aromatic carbocycles. The van der Waals surface area contributed by atoms with Crippen LogP contribution in [0.3, 0.4) is 0 Å². The van der Waals surface area contributed by atoms with Crippen molar-refractivity contribution < 1.29 is 23.5 Å². The summed E-state index contributed by atoms with van der Waals surface area (Å²) in [6.07, 6.45) is 0. The minimum Gasteiger partial charge on any atom is -0.465 e. The first kappa shape index (κ1) is 17.2. The summed E-state index contributed by atoms with van der Waals surface area (Å²) in [5.74, 6) is 0.425. The molecule has 0 N–H and O–H groups in total. The predicted octanol–water partition coefficient (Wildman–Crippen LogP) is 2.15. The molecule has 0 radical (unpaired) electrons. The maximum atomic E-state index is 11.6. The Morgan fingerprint density at radius 3 is 2.57 bits per heavy atom. The summed E-state index contributed by atoms with van der Waals surface area (Å²) in [4.78, 5) is 25.1. The standard InChI is InChI=1S/C15H23NO5/c1-6-20-14(17)9-16(10(2)3)8-12-7-13(11(4)21-12)15(18)19-5/h7,10H,6,8-9H2,1-5H3. The third-order valence-electron chi connectivity index (χ3n) is 3.10. The molecule has 0 aliphatic rings. The fourth-order valence-electron chi connectivity index (χ4n) is 1.93. The first-order valence-electron chi connectivity index (χ1n) is 6.96. The van der Waals surface area contributed by atoms with Crippen molar-refractivity contribution in [1.29, 1.82) is 0 Å². The van der Waals surface area contributed by atoms with Crippen LogP contribution in [0.2, 0.25) is 0 Å².